The summed E-state index contributed by atoms with van der Waals surface area (Å²) in [4.78, 5) is 11.2. The van der Waals surface area contributed by atoms with Gasteiger partial charge in [0.15, 0.2) is 0 Å². The van der Waals surface area contributed by atoms with Crippen molar-refractivity contribution in [2.24, 2.45) is 0 Å². The molecule has 0 spiro atoms. The molecule has 0 fully saturated rings. The maximum Gasteiger partial charge on any atom is 0.336 e. The van der Waals surface area contributed by atoms with Gasteiger partial charge >= 0.3 is 5.63 Å². The third-order valence-electron chi connectivity index (χ3n) is 2.22. The van der Waals surface area contributed by atoms with Crippen LogP contribution in [0.4, 0.5) is 5.69 Å². The third-order valence-corrected chi connectivity index (χ3v) is 2.22. The van der Waals surface area contributed by atoms with Crippen LogP contribution in [-0.2, 0) is 6.42 Å². The number of benzene rings is 1. The van der Waals surface area contributed by atoms with Crippen LogP contribution < -0.4 is 11.4 Å². The van der Waals surface area contributed by atoms with E-state index < -0.39 is 0 Å². The summed E-state index contributed by atoms with van der Waals surface area (Å²) in [7, 11) is 0. The number of anilines is 1. The summed E-state index contributed by atoms with van der Waals surface area (Å²) in [6.07, 6.45) is 2.40. The summed E-state index contributed by atoms with van der Waals surface area (Å²) in [5.41, 5.74) is 7.28. The molecular weight excluding hydrogens is 190 g/mol. The fraction of sp³-hybridized carbons (Fsp3) is 0.0833. The number of rotatable bonds is 2. The molecule has 0 amide bonds. The van der Waals surface area contributed by atoms with Crippen LogP contribution >= 0.6 is 0 Å². The molecule has 1 heterocycles. The summed E-state index contributed by atoms with van der Waals surface area (Å²) < 4.78 is 5.06. The van der Waals surface area contributed by atoms with Gasteiger partial charge in [0.2, 0.25) is 0 Å². The van der Waals surface area contributed by atoms with Crippen molar-refractivity contribution in [3.63, 3.8) is 0 Å². The number of allylic oxidation sites excluding steroid dienone is 1. The van der Waals surface area contributed by atoms with Gasteiger partial charge in [0.25, 0.3) is 0 Å². The summed E-state index contributed by atoms with van der Waals surface area (Å²) in [6, 6.07) is 6.78. The van der Waals surface area contributed by atoms with Crippen molar-refractivity contribution in [1.82, 2.24) is 0 Å². The molecule has 0 bridgehead atoms. The molecule has 3 nitrogen and oxygen atoms in total. The smallest absolute Gasteiger partial charge is 0.336 e. The monoisotopic (exact) mass is 201 g/mol. The second kappa shape index (κ2) is 3.61. The molecule has 15 heavy (non-hydrogen) atoms. The van der Waals surface area contributed by atoms with Crippen LogP contribution in [0.2, 0.25) is 0 Å². The largest absolute Gasteiger partial charge is 0.423 e. The highest BCUT2D eigenvalue weighted by Crippen LogP contribution is 2.20. The van der Waals surface area contributed by atoms with Gasteiger partial charge in [0, 0.05) is 23.2 Å². The quantitative estimate of drug-likeness (QED) is 0.460. The van der Waals surface area contributed by atoms with Crippen molar-refractivity contribution in [2.75, 3.05) is 5.73 Å². The fourth-order valence-corrected chi connectivity index (χ4v) is 1.57. The molecule has 1 aromatic carbocycles. The number of nitrogen functional groups attached to an aromatic ring is 1. The van der Waals surface area contributed by atoms with E-state index >= 15 is 0 Å². The van der Waals surface area contributed by atoms with Gasteiger partial charge in [-0.1, -0.05) is 6.08 Å². The van der Waals surface area contributed by atoms with E-state index in [4.69, 9.17) is 10.2 Å². The lowest BCUT2D eigenvalue weighted by Gasteiger charge is -2.02. The Kier molecular flexibility index (Phi) is 2.29. The Morgan fingerprint density at radius 1 is 1.40 bits per heavy atom. The van der Waals surface area contributed by atoms with Gasteiger partial charge in [-0.05, 0) is 24.1 Å². The number of fused-ring (bicyclic) bond motifs is 1. The summed E-state index contributed by atoms with van der Waals surface area (Å²) in [5.74, 6) is 0. The zero-order valence-electron chi connectivity index (χ0n) is 8.19. The normalized spacial score (nSPS) is 10.4. The zero-order chi connectivity index (χ0) is 10.8. The summed E-state index contributed by atoms with van der Waals surface area (Å²) in [6.45, 7) is 3.65. The zero-order valence-corrected chi connectivity index (χ0v) is 8.19. The summed E-state index contributed by atoms with van der Waals surface area (Å²) >= 11 is 0. The predicted octanol–water partition coefficient (Wildman–Crippen LogP) is 2.10. The van der Waals surface area contributed by atoms with E-state index in [1.54, 1.807) is 18.2 Å². The molecule has 3 heteroatoms. The minimum Gasteiger partial charge on any atom is -0.423 e. The minimum atomic E-state index is -0.357. The van der Waals surface area contributed by atoms with Crippen LogP contribution in [0.1, 0.15) is 5.56 Å². The van der Waals surface area contributed by atoms with Gasteiger partial charge < -0.3 is 10.2 Å². The van der Waals surface area contributed by atoms with E-state index in [2.05, 4.69) is 6.58 Å². The molecule has 0 saturated carbocycles. The van der Waals surface area contributed by atoms with Crippen molar-refractivity contribution in [3.8, 4) is 0 Å². The first-order valence-corrected chi connectivity index (χ1v) is 4.64. The van der Waals surface area contributed by atoms with Gasteiger partial charge in [-0.25, -0.2) is 4.79 Å². The lowest BCUT2D eigenvalue weighted by atomic mass is 10.1. The topological polar surface area (TPSA) is 56.2 Å². The second-order valence-electron chi connectivity index (χ2n) is 3.34. The predicted molar refractivity (Wildman–Crippen MR) is 60.8 cm³/mol. The van der Waals surface area contributed by atoms with E-state index in [1.807, 2.05) is 6.07 Å². The maximum absolute atomic E-state index is 11.2. The highest BCUT2D eigenvalue weighted by atomic mass is 16.4. The Morgan fingerprint density at radius 2 is 2.20 bits per heavy atom. The van der Waals surface area contributed by atoms with Gasteiger partial charge in [0.1, 0.15) is 5.58 Å². The molecular formula is C12H11NO2. The first kappa shape index (κ1) is 9.52. The average Bonchev–Trinajstić information content (AvgIpc) is 2.17. The Balaban J connectivity index is 2.79. The number of hydrogen-bond donors (Lipinski definition) is 1. The Hall–Kier alpha value is -2.03. The van der Waals surface area contributed by atoms with Crippen molar-refractivity contribution in [1.29, 1.82) is 0 Å². The van der Waals surface area contributed by atoms with Crippen molar-refractivity contribution in [2.45, 2.75) is 6.42 Å². The molecule has 0 saturated heterocycles. The lowest BCUT2D eigenvalue weighted by molar-refractivity contribution is 0.559. The van der Waals surface area contributed by atoms with E-state index in [9.17, 15) is 4.79 Å². The van der Waals surface area contributed by atoms with Crippen molar-refractivity contribution >= 4 is 16.7 Å². The first-order valence-electron chi connectivity index (χ1n) is 4.64. The lowest BCUT2D eigenvalue weighted by Crippen LogP contribution is -2.00. The van der Waals surface area contributed by atoms with Gasteiger partial charge in [-0.2, -0.15) is 0 Å². The van der Waals surface area contributed by atoms with Gasteiger partial charge in [0.05, 0.1) is 0 Å². The Labute approximate surface area is 86.8 Å². The SMILES string of the molecule is C=CCc1cc(=O)oc2cc(N)ccc12. The molecule has 0 radical (unpaired) electrons. The summed E-state index contributed by atoms with van der Waals surface area (Å²) in [5, 5.41) is 0.906. The van der Waals surface area contributed by atoms with Crippen molar-refractivity contribution < 1.29 is 4.42 Å². The third kappa shape index (κ3) is 1.76. The van der Waals surface area contributed by atoms with E-state index in [0.717, 1.165) is 10.9 Å². The van der Waals surface area contributed by atoms with Crippen LogP contribution in [0.3, 0.4) is 0 Å². The minimum absolute atomic E-state index is 0.357. The fourth-order valence-electron chi connectivity index (χ4n) is 1.57. The highest BCUT2D eigenvalue weighted by molar-refractivity contribution is 5.83. The second-order valence-corrected chi connectivity index (χ2v) is 3.34. The molecule has 2 N–H and O–H groups in total. The molecule has 1 aromatic heterocycles. The van der Waals surface area contributed by atoms with Crippen molar-refractivity contribution in [3.05, 3.63) is 52.9 Å². The van der Waals surface area contributed by atoms with E-state index in [1.165, 1.54) is 6.07 Å². The molecule has 0 aliphatic rings. The molecule has 76 valence electrons. The van der Waals surface area contributed by atoms with Crippen LogP contribution in [0.25, 0.3) is 11.0 Å². The number of nitrogens with two attached hydrogens (primary N) is 1. The molecule has 0 aliphatic heterocycles. The van der Waals surface area contributed by atoms with Crippen LogP contribution in [-0.4, -0.2) is 0 Å². The average molecular weight is 201 g/mol. The maximum atomic E-state index is 11.2. The molecule has 0 aliphatic carbocycles. The van der Waals surface area contributed by atoms with E-state index in [-0.39, 0.29) is 5.63 Å². The Bertz CT molecular complexity index is 569. The van der Waals surface area contributed by atoms with Gasteiger partial charge in [-0.15, -0.1) is 6.58 Å². The number of hydrogen-bond acceptors (Lipinski definition) is 3. The highest BCUT2D eigenvalue weighted by Gasteiger charge is 2.04. The first-order chi connectivity index (χ1) is 7.20. The molecule has 2 rings (SSSR count). The molecule has 0 unspecified atom stereocenters. The van der Waals surface area contributed by atoms with Gasteiger partial charge in [-0.3, -0.25) is 0 Å². The standard InChI is InChI=1S/C12H11NO2/c1-2-3-8-6-12(14)15-11-7-9(13)4-5-10(8)11/h2,4-7H,1,3,13H2. The van der Waals surface area contributed by atoms with Crippen LogP contribution in [0.5, 0.6) is 0 Å². The van der Waals surface area contributed by atoms with E-state index in [0.29, 0.717) is 17.7 Å². The van der Waals surface area contributed by atoms with Crippen LogP contribution in [0, 0.1) is 0 Å². The molecule has 2 aromatic rings. The molecule has 0 atom stereocenters. The Morgan fingerprint density at radius 3 is 2.93 bits per heavy atom. The van der Waals surface area contributed by atoms with Crippen LogP contribution in [0.15, 0.2) is 46.1 Å².